The van der Waals surface area contributed by atoms with Gasteiger partial charge in [0.25, 0.3) is 0 Å². The van der Waals surface area contributed by atoms with Crippen molar-refractivity contribution in [1.29, 1.82) is 0 Å². The molecule has 0 spiro atoms. The van der Waals surface area contributed by atoms with Gasteiger partial charge in [-0.3, -0.25) is 4.79 Å². The molecule has 18 heavy (non-hydrogen) atoms. The first-order chi connectivity index (χ1) is 8.58. The highest BCUT2D eigenvalue weighted by molar-refractivity contribution is 5.84. The second-order valence-corrected chi connectivity index (χ2v) is 4.69. The number of ether oxygens (including phenoxy) is 1. The predicted octanol–water partition coefficient (Wildman–Crippen LogP) is -1.59. The van der Waals surface area contributed by atoms with Crippen LogP contribution in [0.5, 0.6) is 0 Å². The third-order valence-electron chi connectivity index (χ3n) is 3.29. The molecule has 0 saturated carbocycles. The van der Waals surface area contributed by atoms with Gasteiger partial charge in [0.1, 0.15) is 6.04 Å². The summed E-state index contributed by atoms with van der Waals surface area (Å²) in [5, 5.41) is 21.6. The number of nitrogens with zero attached hydrogens (tertiary/aromatic N) is 1. The van der Waals surface area contributed by atoms with E-state index in [1.54, 1.807) is 0 Å². The fraction of sp³-hybridized carbons (Fsp3) is 0.818. The van der Waals surface area contributed by atoms with Gasteiger partial charge in [-0.15, -0.1) is 0 Å². The van der Waals surface area contributed by atoms with Crippen LogP contribution in [0.1, 0.15) is 12.8 Å². The van der Waals surface area contributed by atoms with Crippen LogP contribution in [0.15, 0.2) is 0 Å². The van der Waals surface area contributed by atoms with E-state index in [0.29, 0.717) is 13.2 Å². The Morgan fingerprint density at radius 1 is 1.44 bits per heavy atom. The van der Waals surface area contributed by atoms with E-state index in [1.807, 2.05) is 0 Å². The summed E-state index contributed by atoms with van der Waals surface area (Å²) >= 11 is 0. The Hall–Kier alpha value is -1.18. The molecule has 0 aliphatic carbocycles. The number of rotatable bonds is 3. The molecule has 102 valence electrons. The van der Waals surface area contributed by atoms with Gasteiger partial charge in [0, 0.05) is 26.1 Å². The number of hydrogen-bond acceptors (Lipinski definition) is 5. The fourth-order valence-corrected chi connectivity index (χ4v) is 2.39. The number of aliphatic carboxylic acids is 1. The maximum atomic E-state index is 12.0. The van der Waals surface area contributed by atoms with Crippen LogP contribution in [0, 0.1) is 0 Å². The van der Waals surface area contributed by atoms with Crippen molar-refractivity contribution in [3.63, 3.8) is 0 Å². The normalized spacial score (nSPS) is 32.5. The van der Waals surface area contributed by atoms with E-state index in [2.05, 4.69) is 5.32 Å². The van der Waals surface area contributed by atoms with Crippen LogP contribution in [0.4, 0.5) is 0 Å². The van der Waals surface area contributed by atoms with Gasteiger partial charge in [0.2, 0.25) is 5.91 Å². The van der Waals surface area contributed by atoms with Crippen molar-refractivity contribution in [3.05, 3.63) is 0 Å². The lowest BCUT2D eigenvalue weighted by Crippen LogP contribution is -2.45. The standard InChI is InChI=1S/C11H18N2O5/c14-7-3-9(11(16)17)13(6-7)10(15)4-8-5-12-1-2-18-8/h7-9,12,14H,1-6H2,(H,16,17)/t7?,8?,9-/m0/s1. The summed E-state index contributed by atoms with van der Waals surface area (Å²) in [5.74, 6) is -1.34. The van der Waals surface area contributed by atoms with Gasteiger partial charge in [-0.1, -0.05) is 0 Å². The zero-order valence-electron chi connectivity index (χ0n) is 10.0. The van der Waals surface area contributed by atoms with Gasteiger partial charge in [-0.2, -0.15) is 0 Å². The summed E-state index contributed by atoms with van der Waals surface area (Å²) in [7, 11) is 0. The minimum Gasteiger partial charge on any atom is -0.480 e. The van der Waals surface area contributed by atoms with E-state index < -0.39 is 18.1 Å². The monoisotopic (exact) mass is 258 g/mol. The minimum absolute atomic E-state index is 0.0932. The third-order valence-corrected chi connectivity index (χ3v) is 3.29. The summed E-state index contributed by atoms with van der Waals surface area (Å²) in [5.41, 5.74) is 0. The summed E-state index contributed by atoms with van der Waals surface area (Å²) in [6.45, 7) is 2.02. The van der Waals surface area contributed by atoms with Crippen molar-refractivity contribution < 1.29 is 24.5 Å². The molecule has 1 amide bonds. The lowest BCUT2D eigenvalue weighted by Gasteiger charge is -2.27. The van der Waals surface area contributed by atoms with Gasteiger partial charge in [-0.05, 0) is 0 Å². The topological polar surface area (TPSA) is 99.1 Å². The molecule has 2 aliphatic heterocycles. The molecular weight excluding hydrogens is 240 g/mol. The Morgan fingerprint density at radius 2 is 2.22 bits per heavy atom. The van der Waals surface area contributed by atoms with E-state index in [1.165, 1.54) is 4.90 Å². The Balaban J connectivity index is 1.92. The highest BCUT2D eigenvalue weighted by atomic mass is 16.5. The van der Waals surface area contributed by atoms with Crippen LogP contribution in [0.2, 0.25) is 0 Å². The molecule has 0 radical (unpaired) electrons. The first kappa shape index (κ1) is 13.3. The second kappa shape index (κ2) is 5.64. The fourth-order valence-electron chi connectivity index (χ4n) is 2.39. The molecule has 3 N–H and O–H groups in total. The Bertz CT molecular complexity index is 329. The molecule has 2 heterocycles. The molecule has 2 unspecified atom stereocenters. The molecule has 3 atom stereocenters. The van der Waals surface area contributed by atoms with Gasteiger partial charge in [0.15, 0.2) is 0 Å². The molecule has 0 aromatic rings. The molecule has 0 aromatic carbocycles. The Kier molecular flexibility index (Phi) is 4.15. The number of likely N-dealkylation sites (tertiary alicyclic amines) is 1. The van der Waals surface area contributed by atoms with E-state index in [9.17, 15) is 14.7 Å². The van der Waals surface area contributed by atoms with Crippen molar-refractivity contribution in [2.45, 2.75) is 31.1 Å². The summed E-state index contributed by atoms with van der Waals surface area (Å²) in [6.07, 6.45) is -0.701. The Labute approximate surface area is 105 Å². The van der Waals surface area contributed by atoms with Crippen molar-refractivity contribution >= 4 is 11.9 Å². The number of hydrogen-bond donors (Lipinski definition) is 3. The molecule has 2 rings (SSSR count). The molecule has 2 saturated heterocycles. The van der Waals surface area contributed by atoms with Gasteiger partial charge < -0.3 is 25.2 Å². The number of carbonyl (C=O) groups is 2. The highest BCUT2D eigenvalue weighted by Gasteiger charge is 2.39. The van der Waals surface area contributed by atoms with Crippen LogP contribution < -0.4 is 5.32 Å². The van der Waals surface area contributed by atoms with Crippen LogP contribution in [-0.4, -0.2) is 71.5 Å². The van der Waals surface area contributed by atoms with Crippen LogP contribution >= 0.6 is 0 Å². The molecule has 7 nitrogen and oxygen atoms in total. The number of aliphatic hydroxyl groups is 1. The number of amides is 1. The second-order valence-electron chi connectivity index (χ2n) is 4.69. The van der Waals surface area contributed by atoms with Crippen molar-refractivity contribution in [2.24, 2.45) is 0 Å². The lowest BCUT2D eigenvalue weighted by atomic mass is 10.1. The van der Waals surface area contributed by atoms with Gasteiger partial charge >= 0.3 is 5.97 Å². The zero-order valence-corrected chi connectivity index (χ0v) is 10.0. The van der Waals surface area contributed by atoms with E-state index in [4.69, 9.17) is 9.84 Å². The van der Waals surface area contributed by atoms with E-state index >= 15 is 0 Å². The number of morpholine rings is 1. The summed E-state index contributed by atoms with van der Waals surface area (Å²) in [6, 6.07) is -0.913. The third kappa shape index (κ3) is 2.98. The average Bonchev–Trinajstić information content (AvgIpc) is 2.73. The molecule has 2 fully saturated rings. The maximum absolute atomic E-state index is 12.0. The minimum atomic E-state index is -1.07. The van der Waals surface area contributed by atoms with Crippen LogP contribution in [0.3, 0.4) is 0 Å². The number of aliphatic hydroxyl groups excluding tert-OH is 1. The average molecular weight is 258 g/mol. The Morgan fingerprint density at radius 3 is 2.83 bits per heavy atom. The zero-order chi connectivity index (χ0) is 13.1. The molecular formula is C11H18N2O5. The van der Waals surface area contributed by atoms with Gasteiger partial charge in [-0.25, -0.2) is 4.79 Å². The molecule has 7 heteroatoms. The quantitative estimate of drug-likeness (QED) is 0.564. The molecule has 0 bridgehead atoms. The van der Waals surface area contributed by atoms with Crippen LogP contribution in [0.25, 0.3) is 0 Å². The van der Waals surface area contributed by atoms with Crippen LogP contribution in [-0.2, 0) is 14.3 Å². The first-order valence-corrected chi connectivity index (χ1v) is 6.10. The summed E-state index contributed by atoms with van der Waals surface area (Å²) in [4.78, 5) is 24.3. The number of carbonyl (C=O) groups excluding carboxylic acids is 1. The largest absolute Gasteiger partial charge is 0.480 e. The number of β-amino-alcohol motifs (C(OH)–C–C–N with tert-alkyl or cyclic N) is 1. The molecule has 0 aromatic heterocycles. The number of carboxylic acid groups (broad SMARTS) is 1. The maximum Gasteiger partial charge on any atom is 0.326 e. The predicted molar refractivity (Wildman–Crippen MR) is 61.0 cm³/mol. The van der Waals surface area contributed by atoms with Gasteiger partial charge in [0.05, 0.1) is 25.2 Å². The van der Waals surface area contributed by atoms with Crippen molar-refractivity contribution in [1.82, 2.24) is 10.2 Å². The smallest absolute Gasteiger partial charge is 0.326 e. The number of carboxylic acids is 1. The SMILES string of the molecule is O=C(O)[C@@H]1CC(O)CN1C(=O)CC1CNCCO1. The summed E-state index contributed by atoms with van der Waals surface area (Å²) < 4.78 is 5.41. The van der Waals surface area contributed by atoms with E-state index in [0.717, 1.165) is 6.54 Å². The highest BCUT2D eigenvalue weighted by Crippen LogP contribution is 2.20. The van der Waals surface area contributed by atoms with Crippen molar-refractivity contribution in [3.8, 4) is 0 Å². The molecule has 2 aliphatic rings. The van der Waals surface area contributed by atoms with E-state index in [-0.39, 0.29) is 31.4 Å². The van der Waals surface area contributed by atoms with Crippen molar-refractivity contribution in [2.75, 3.05) is 26.2 Å². The first-order valence-electron chi connectivity index (χ1n) is 6.10. The lowest BCUT2D eigenvalue weighted by molar-refractivity contribution is -0.149. The number of nitrogens with one attached hydrogen (secondary N) is 1.